The van der Waals surface area contributed by atoms with E-state index in [1.165, 1.54) is 193 Å². The summed E-state index contributed by atoms with van der Waals surface area (Å²) < 4.78 is 22.8. The summed E-state index contributed by atoms with van der Waals surface area (Å²) in [6, 6.07) is 0. The quantitative estimate of drug-likeness (QED) is 0.0195. The van der Waals surface area contributed by atoms with Gasteiger partial charge in [0.05, 0.1) is 40.3 Å². The smallest absolute Gasteiger partial charge is 0.306 e. The third-order valence-corrected chi connectivity index (χ3v) is 14.5. The molecule has 0 aromatic rings. The van der Waals surface area contributed by atoms with Crippen LogP contribution in [0.1, 0.15) is 303 Å². The van der Waals surface area contributed by atoms with Crippen molar-refractivity contribution in [1.29, 1.82) is 0 Å². The number of quaternary nitrogens is 1. The number of nitrogens with zero attached hydrogens (tertiary/aromatic N) is 1. The van der Waals surface area contributed by atoms with E-state index < -0.39 is 24.3 Å². The lowest BCUT2D eigenvalue weighted by Gasteiger charge is -2.26. The predicted octanol–water partition coefficient (Wildman–Crippen LogP) is 18.6. The Morgan fingerprint density at radius 3 is 1.09 bits per heavy atom. The first-order valence-corrected chi connectivity index (χ1v) is 32.9. The van der Waals surface area contributed by atoms with Gasteiger partial charge in [0.2, 0.25) is 0 Å². The van der Waals surface area contributed by atoms with Crippen LogP contribution in [0.25, 0.3) is 0 Å². The molecule has 0 aromatic heterocycles. The molecule has 0 fully saturated rings. The van der Waals surface area contributed by atoms with Crippen LogP contribution in [0.2, 0.25) is 0 Å². The highest BCUT2D eigenvalue weighted by molar-refractivity contribution is 5.70. The van der Waals surface area contributed by atoms with Crippen LogP contribution < -0.4 is 5.11 Å². The van der Waals surface area contributed by atoms with Crippen molar-refractivity contribution >= 4 is 17.9 Å². The van der Waals surface area contributed by atoms with E-state index in [-0.39, 0.29) is 32.2 Å². The number of hydrogen-bond acceptors (Lipinski definition) is 8. The van der Waals surface area contributed by atoms with Crippen LogP contribution in [-0.2, 0) is 33.3 Å². The number of aliphatic carboxylic acids is 1. The fourth-order valence-electron chi connectivity index (χ4n) is 9.51. The molecule has 0 heterocycles. The van der Waals surface area contributed by atoms with Crippen LogP contribution in [0.15, 0.2) is 60.8 Å². The molecule has 0 aromatic carbocycles. The van der Waals surface area contributed by atoms with Crippen molar-refractivity contribution in [1.82, 2.24) is 0 Å². The monoisotopic (exact) mass is 1100 g/mol. The zero-order valence-corrected chi connectivity index (χ0v) is 51.8. The molecule has 0 bridgehead atoms. The average Bonchev–Trinajstić information content (AvgIpc) is 3.41. The molecule has 0 N–H and O–H groups in total. The lowest BCUT2D eigenvalue weighted by Crippen LogP contribution is -2.44. The lowest BCUT2D eigenvalue weighted by atomic mass is 10.0. The number of carboxylic acids is 1. The van der Waals surface area contributed by atoms with Crippen LogP contribution in [0.3, 0.4) is 0 Å². The molecule has 0 aliphatic heterocycles. The first kappa shape index (κ1) is 75.0. The number of esters is 2. The van der Waals surface area contributed by atoms with Crippen molar-refractivity contribution in [2.24, 2.45) is 0 Å². The Labute approximate surface area is 482 Å². The number of rotatable bonds is 61. The predicted molar refractivity (Wildman–Crippen MR) is 329 cm³/mol. The van der Waals surface area contributed by atoms with Crippen LogP contribution in [-0.4, -0.2) is 82.3 Å². The number of likely N-dealkylation sites (N-methyl/N-ethyl adjacent to an activating group) is 1. The minimum atomic E-state index is -1.62. The van der Waals surface area contributed by atoms with Crippen LogP contribution in [0.4, 0.5) is 0 Å². The largest absolute Gasteiger partial charge is 0.545 e. The van der Waals surface area contributed by atoms with Crippen molar-refractivity contribution in [3.05, 3.63) is 60.8 Å². The van der Waals surface area contributed by atoms with Crippen LogP contribution >= 0.6 is 0 Å². The lowest BCUT2D eigenvalue weighted by molar-refractivity contribution is -0.870. The number of carbonyl (C=O) groups excluding carboxylic acids is 3. The molecule has 78 heavy (non-hydrogen) atoms. The maximum Gasteiger partial charge on any atom is 0.306 e. The van der Waals surface area contributed by atoms with Gasteiger partial charge in [0.15, 0.2) is 12.4 Å². The van der Waals surface area contributed by atoms with E-state index >= 15 is 0 Å². The summed E-state index contributed by atoms with van der Waals surface area (Å²) in [4.78, 5) is 37.4. The van der Waals surface area contributed by atoms with Crippen LogP contribution in [0, 0.1) is 0 Å². The summed E-state index contributed by atoms with van der Waals surface area (Å²) in [6.45, 7) is 4.67. The van der Waals surface area contributed by atoms with E-state index in [9.17, 15) is 19.5 Å². The zero-order chi connectivity index (χ0) is 56.9. The van der Waals surface area contributed by atoms with Gasteiger partial charge in [-0.1, -0.05) is 293 Å². The molecule has 454 valence electrons. The molecule has 2 atom stereocenters. The van der Waals surface area contributed by atoms with Crippen molar-refractivity contribution in [2.75, 3.05) is 47.5 Å². The van der Waals surface area contributed by atoms with E-state index in [1.807, 2.05) is 21.1 Å². The van der Waals surface area contributed by atoms with Gasteiger partial charge in [-0.15, -0.1) is 0 Å². The molecule has 9 heteroatoms. The molecule has 0 spiro atoms. The Kier molecular flexibility index (Phi) is 57.8. The van der Waals surface area contributed by atoms with E-state index in [4.69, 9.17) is 18.9 Å². The topological polar surface area (TPSA) is 111 Å². The molecule has 0 aliphatic rings. The third kappa shape index (κ3) is 60.6. The van der Waals surface area contributed by atoms with Gasteiger partial charge in [-0.2, -0.15) is 0 Å². The molecule has 0 saturated carbocycles. The number of hydrogen-bond donors (Lipinski definition) is 0. The second-order valence-electron chi connectivity index (χ2n) is 23.4. The van der Waals surface area contributed by atoms with Crippen molar-refractivity contribution < 1.29 is 42.9 Å². The number of ether oxygens (including phenoxy) is 4. The van der Waals surface area contributed by atoms with E-state index in [1.54, 1.807) is 0 Å². The molecular formula is C69H125NO8. The Morgan fingerprint density at radius 2 is 0.731 bits per heavy atom. The summed E-state index contributed by atoms with van der Waals surface area (Å²) in [7, 11) is 5.93. The molecule has 9 nitrogen and oxygen atoms in total. The van der Waals surface area contributed by atoms with E-state index in [0.29, 0.717) is 23.9 Å². The van der Waals surface area contributed by atoms with Gasteiger partial charge < -0.3 is 33.3 Å². The maximum absolute atomic E-state index is 12.9. The minimum absolute atomic E-state index is 0.146. The van der Waals surface area contributed by atoms with Gasteiger partial charge in [0.25, 0.3) is 0 Å². The summed E-state index contributed by atoms with van der Waals surface area (Å²) >= 11 is 0. The fraction of sp³-hybridized carbons (Fsp3) is 0.812. The summed E-state index contributed by atoms with van der Waals surface area (Å²) in [5.41, 5.74) is 0. The van der Waals surface area contributed by atoms with E-state index in [0.717, 1.165) is 77.0 Å². The number of allylic oxidation sites excluding steroid dienone is 10. The highest BCUT2D eigenvalue weighted by Crippen LogP contribution is 2.18. The van der Waals surface area contributed by atoms with Crippen molar-refractivity contribution in [2.45, 2.75) is 315 Å². The summed E-state index contributed by atoms with van der Waals surface area (Å²) in [5.74, 6) is -2.28. The highest BCUT2D eigenvalue weighted by atomic mass is 16.7. The van der Waals surface area contributed by atoms with Gasteiger partial charge in [-0.3, -0.25) is 9.59 Å². The maximum atomic E-state index is 12.9. The van der Waals surface area contributed by atoms with Gasteiger partial charge in [0, 0.05) is 12.8 Å². The molecule has 0 aliphatic carbocycles. The van der Waals surface area contributed by atoms with E-state index in [2.05, 4.69) is 74.6 Å². The second-order valence-corrected chi connectivity index (χ2v) is 23.4. The molecule has 0 rings (SSSR count). The Hall–Kier alpha value is -3.01. The Bertz CT molecular complexity index is 1460. The van der Waals surface area contributed by atoms with Gasteiger partial charge in [-0.25, -0.2) is 0 Å². The van der Waals surface area contributed by atoms with Crippen LogP contribution in [0.5, 0.6) is 0 Å². The van der Waals surface area contributed by atoms with Gasteiger partial charge >= 0.3 is 11.9 Å². The number of carbonyl (C=O) groups is 3. The average molecular weight is 1100 g/mol. The molecule has 0 saturated heterocycles. The van der Waals surface area contributed by atoms with Crippen molar-refractivity contribution in [3.8, 4) is 0 Å². The molecule has 2 unspecified atom stereocenters. The Morgan fingerprint density at radius 1 is 0.397 bits per heavy atom. The summed E-state index contributed by atoms with van der Waals surface area (Å²) in [5, 5.41) is 11.8. The fourth-order valence-corrected chi connectivity index (χ4v) is 9.51. The highest BCUT2D eigenvalue weighted by Gasteiger charge is 2.22. The number of unbranched alkanes of at least 4 members (excludes halogenated alkanes) is 36. The van der Waals surface area contributed by atoms with Crippen molar-refractivity contribution in [3.63, 3.8) is 0 Å². The third-order valence-electron chi connectivity index (χ3n) is 14.5. The second kappa shape index (κ2) is 60.1. The number of carboxylic acid groups (broad SMARTS) is 1. The molecule has 0 radical (unpaired) electrons. The summed E-state index contributed by atoms with van der Waals surface area (Å²) in [6.07, 6.45) is 74.3. The normalized spacial score (nSPS) is 13.1. The SMILES string of the molecule is CC/C=C\C/C=C\C/C=C\C/C=C\C/C=C\CCCCCCCCCCCC(=O)OC(COC(=O)CCCCCCCCCCCCCCCCCCCCCCCCCCCCCC)COC(OCC[N+](C)(C)C)C(=O)[O-]. The molecular weight excluding hydrogens is 971 g/mol. The minimum Gasteiger partial charge on any atom is -0.545 e. The van der Waals surface area contributed by atoms with Gasteiger partial charge in [0.1, 0.15) is 13.2 Å². The first-order chi connectivity index (χ1) is 38.1. The Balaban J connectivity index is 4.14. The van der Waals surface area contributed by atoms with Gasteiger partial charge in [-0.05, 0) is 57.8 Å². The standard InChI is InChI=1S/C69H125NO8/c1-6-8-10-12-14-16-18-20-22-24-26-28-30-32-33-34-36-37-39-41-43-45-47-49-51-53-55-57-59-66(71)76-63-65(64-77-69(68(73)74)75-62-61-70(3,4)5)78-67(72)60-58-56-54-52-50-48-46-44-42-40-38-35-31-29-27-25-23-21-19-17-15-13-11-9-7-2/h9,11,15,17,21,23,27,29,35,38,65,69H,6-8,10,12-14,16,18-20,22,24-26,28,30-34,36-37,39-64H2,1-5H3/b11-9-,17-15-,23-21-,29-27-,38-35-. The zero-order valence-electron chi connectivity index (χ0n) is 51.8. The first-order valence-electron chi connectivity index (χ1n) is 32.9. The molecule has 0 amide bonds.